The second-order valence-corrected chi connectivity index (χ2v) is 5.92. The molecule has 0 spiro atoms. The average molecular weight is 327 g/mol. The first-order chi connectivity index (χ1) is 8.79. The Labute approximate surface area is 120 Å². The smallest absolute Gasteiger partial charge is 0.321 e. The van der Waals surface area contributed by atoms with Crippen LogP contribution in [0.15, 0.2) is 17.0 Å². The van der Waals surface area contributed by atoms with Crippen LogP contribution >= 0.6 is 23.2 Å². The Bertz CT molecular complexity index is 589. The van der Waals surface area contributed by atoms with Crippen molar-refractivity contribution in [3.05, 3.63) is 22.2 Å². The van der Waals surface area contributed by atoms with Crippen LogP contribution in [-0.2, 0) is 19.6 Å². The van der Waals surface area contributed by atoms with Crippen molar-refractivity contribution < 1.29 is 17.9 Å². The van der Waals surface area contributed by atoms with Crippen molar-refractivity contribution in [1.29, 1.82) is 0 Å². The molecule has 0 fully saturated rings. The molecule has 1 aromatic rings. The van der Waals surface area contributed by atoms with E-state index in [4.69, 9.17) is 28.9 Å². The predicted molar refractivity (Wildman–Crippen MR) is 72.7 cm³/mol. The molecule has 0 aliphatic carbocycles. The van der Waals surface area contributed by atoms with Crippen molar-refractivity contribution >= 4 is 44.9 Å². The van der Waals surface area contributed by atoms with Crippen molar-refractivity contribution in [2.45, 2.75) is 11.8 Å². The Hall–Kier alpha value is -1.02. The average Bonchev–Trinajstić information content (AvgIpc) is 2.34. The van der Waals surface area contributed by atoms with Gasteiger partial charge in [-0.05, 0) is 19.1 Å². The number of ether oxygens (including phenoxy) is 1. The Morgan fingerprint density at radius 3 is 2.63 bits per heavy atom. The molecular formula is C10H12Cl2N2O4S. The van der Waals surface area contributed by atoms with Gasteiger partial charge in [0.2, 0.25) is 10.0 Å². The van der Waals surface area contributed by atoms with Gasteiger partial charge in [0.25, 0.3) is 0 Å². The summed E-state index contributed by atoms with van der Waals surface area (Å²) in [5.74, 6) is -0.691. The lowest BCUT2D eigenvalue weighted by Gasteiger charge is -2.10. The largest absolute Gasteiger partial charge is 0.465 e. The minimum atomic E-state index is -3.97. The SMILES string of the molecule is CCOC(=O)CNS(=O)(=O)c1ccc(Cl)c(N)c1Cl. The molecule has 0 aromatic heterocycles. The lowest BCUT2D eigenvalue weighted by atomic mass is 10.3. The monoisotopic (exact) mass is 326 g/mol. The zero-order chi connectivity index (χ0) is 14.6. The van der Waals surface area contributed by atoms with Crippen LogP contribution in [0.5, 0.6) is 0 Å². The highest BCUT2D eigenvalue weighted by Gasteiger charge is 2.21. The Balaban J connectivity index is 2.96. The molecular weight excluding hydrogens is 315 g/mol. The molecule has 0 aliphatic heterocycles. The van der Waals surface area contributed by atoms with Crippen LogP contribution in [0.2, 0.25) is 10.0 Å². The number of carbonyl (C=O) groups is 1. The summed E-state index contributed by atoms with van der Waals surface area (Å²) in [6.07, 6.45) is 0. The molecule has 0 atom stereocenters. The summed E-state index contributed by atoms with van der Waals surface area (Å²) in [5.41, 5.74) is 5.50. The van der Waals surface area contributed by atoms with Gasteiger partial charge in [0.15, 0.2) is 0 Å². The molecule has 19 heavy (non-hydrogen) atoms. The summed E-state index contributed by atoms with van der Waals surface area (Å²) in [5, 5.41) is -0.0433. The van der Waals surface area contributed by atoms with Crippen molar-refractivity contribution in [2.75, 3.05) is 18.9 Å². The van der Waals surface area contributed by atoms with Gasteiger partial charge in [-0.25, -0.2) is 8.42 Å². The van der Waals surface area contributed by atoms with Crippen LogP contribution in [-0.4, -0.2) is 27.5 Å². The third-order valence-electron chi connectivity index (χ3n) is 2.09. The first-order valence-electron chi connectivity index (χ1n) is 5.18. The molecule has 106 valence electrons. The molecule has 0 radical (unpaired) electrons. The Kier molecular flexibility index (Phi) is 5.42. The fraction of sp³-hybridized carbons (Fsp3) is 0.300. The molecule has 0 aliphatic rings. The number of benzene rings is 1. The summed E-state index contributed by atoms with van der Waals surface area (Å²) in [4.78, 5) is 10.8. The van der Waals surface area contributed by atoms with E-state index in [9.17, 15) is 13.2 Å². The number of hydrogen-bond acceptors (Lipinski definition) is 5. The standard InChI is InChI=1S/C10H12Cl2N2O4S/c1-2-18-8(15)5-14-19(16,17)7-4-3-6(11)10(13)9(7)12/h3-4,14H,2,5,13H2,1H3. The maximum absolute atomic E-state index is 11.9. The van der Waals surface area contributed by atoms with Gasteiger partial charge >= 0.3 is 5.97 Å². The second-order valence-electron chi connectivity index (χ2n) is 3.40. The Morgan fingerprint density at radius 1 is 1.42 bits per heavy atom. The van der Waals surface area contributed by atoms with Gasteiger partial charge in [0, 0.05) is 0 Å². The zero-order valence-corrected chi connectivity index (χ0v) is 12.3. The number of rotatable bonds is 5. The van der Waals surface area contributed by atoms with Crippen molar-refractivity contribution in [2.24, 2.45) is 0 Å². The van der Waals surface area contributed by atoms with Gasteiger partial charge in [-0.3, -0.25) is 4.79 Å². The lowest BCUT2D eigenvalue weighted by Crippen LogP contribution is -2.31. The lowest BCUT2D eigenvalue weighted by molar-refractivity contribution is -0.141. The van der Waals surface area contributed by atoms with E-state index >= 15 is 0 Å². The molecule has 0 bridgehead atoms. The number of nitrogen functional groups attached to an aromatic ring is 1. The minimum absolute atomic E-state index is 0.0395. The molecule has 0 unspecified atom stereocenters. The molecule has 0 amide bonds. The van der Waals surface area contributed by atoms with Crippen molar-refractivity contribution in [3.63, 3.8) is 0 Å². The quantitative estimate of drug-likeness (QED) is 0.629. The van der Waals surface area contributed by atoms with Gasteiger partial charge in [-0.2, -0.15) is 4.72 Å². The summed E-state index contributed by atoms with van der Waals surface area (Å²) in [6.45, 7) is 1.29. The van der Waals surface area contributed by atoms with E-state index in [1.165, 1.54) is 12.1 Å². The van der Waals surface area contributed by atoms with Crippen LogP contribution in [0.4, 0.5) is 5.69 Å². The predicted octanol–water partition coefficient (Wildman–Crippen LogP) is 1.42. The number of nitrogens with two attached hydrogens (primary N) is 1. The summed E-state index contributed by atoms with van der Waals surface area (Å²) >= 11 is 11.5. The van der Waals surface area contributed by atoms with Crippen LogP contribution in [0.1, 0.15) is 6.92 Å². The number of sulfonamides is 1. The highest BCUT2D eigenvalue weighted by atomic mass is 35.5. The van der Waals surface area contributed by atoms with Crippen molar-refractivity contribution in [3.8, 4) is 0 Å². The van der Waals surface area contributed by atoms with E-state index in [0.29, 0.717) is 0 Å². The third-order valence-corrected chi connectivity index (χ3v) is 4.38. The first kappa shape index (κ1) is 16.0. The summed E-state index contributed by atoms with van der Waals surface area (Å²) in [6, 6.07) is 2.51. The fourth-order valence-corrected chi connectivity index (χ4v) is 2.93. The number of hydrogen-bond donors (Lipinski definition) is 2. The van der Waals surface area contributed by atoms with E-state index in [1.54, 1.807) is 6.92 Å². The number of esters is 1. The molecule has 0 heterocycles. The molecule has 6 nitrogen and oxygen atoms in total. The van der Waals surface area contributed by atoms with E-state index in [-0.39, 0.29) is 27.2 Å². The molecule has 9 heteroatoms. The second kappa shape index (κ2) is 6.42. The van der Waals surface area contributed by atoms with E-state index < -0.39 is 22.5 Å². The van der Waals surface area contributed by atoms with E-state index in [0.717, 1.165) is 0 Å². The van der Waals surface area contributed by atoms with Crippen LogP contribution in [0, 0.1) is 0 Å². The highest BCUT2D eigenvalue weighted by Crippen LogP contribution is 2.32. The van der Waals surface area contributed by atoms with Gasteiger partial charge in [0.1, 0.15) is 11.4 Å². The third kappa shape index (κ3) is 3.97. The van der Waals surface area contributed by atoms with E-state index in [1.807, 2.05) is 0 Å². The number of nitrogens with one attached hydrogen (secondary N) is 1. The van der Waals surface area contributed by atoms with Gasteiger partial charge < -0.3 is 10.5 Å². The van der Waals surface area contributed by atoms with Crippen LogP contribution in [0.3, 0.4) is 0 Å². The normalized spacial score (nSPS) is 11.3. The van der Waals surface area contributed by atoms with Gasteiger partial charge in [0.05, 0.1) is 22.3 Å². The molecule has 3 N–H and O–H groups in total. The highest BCUT2D eigenvalue weighted by molar-refractivity contribution is 7.89. The number of anilines is 1. The number of halogens is 2. The molecule has 0 saturated carbocycles. The summed E-state index contributed by atoms with van der Waals surface area (Å²) < 4.78 is 30.5. The molecule has 1 rings (SSSR count). The fourth-order valence-electron chi connectivity index (χ4n) is 1.20. The summed E-state index contributed by atoms with van der Waals surface area (Å²) in [7, 11) is -3.97. The van der Waals surface area contributed by atoms with Crippen molar-refractivity contribution in [1.82, 2.24) is 4.72 Å². The van der Waals surface area contributed by atoms with Crippen LogP contribution in [0.25, 0.3) is 0 Å². The first-order valence-corrected chi connectivity index (χ1v) is 7.42. The maximum Gasteiger partial charge on any atom is 0.321 e. The van der Waals surface area contributed by atoms with E-state index in [2.05, 4.69) is 9.46 Å². The topological polar surface area (TPSA) is 98.5 Å². The molecule has 1 aromatic carbocycles. The maximum atomic E-state index is 11.9. The van der Waals surface area contributed by atoms with Crippen LogP contribution < -0.4 is 10.5 Å². The Morgan fingerprint density at radius 2 is 2.05 bits per heavy atom. The number of carbonyl (C=O) groups excluding carboxylic acids is 1. The minimum Gasteiger partial charge on any atom is -0.465 e. The van der Waals surface area contributed by atoms with Gasteiger partial charge in [-0.15, -0.1) is 0 Å². The van der Waals surface area contributed by atoms with Gasteiger partial charge in [-0.1, -0.05) is 23.2 Å². The molecule has 0 saturated heterocycles. The zero-order valence-electron chi connectivity index (χ0n) is 9.94.